The van der Waals surface area contributed by atoms with Crippen molar-refractivity contribution < 1.29 is 28.6 Å². The number of hydrogen-bond acceptors (Lipinski definition) is 7. The summed E-state index contributed by atoms with van der Waals surface area (Å²) >= 11 is 0. The average Bonchev–Trinajstić information content (AvgIpc) is 2.63. The molecule has 0 unspecified atom stereocenters. The predicted molar refractivity (Wildman–Crippen MR) is 116 cm³/mol. The number of aromatic hydroxyl groups is 1. The van der Waals surface area contributed by atoms with Crippen molar-refractivity contribution in [3.8, 4) is 11.5 Å². The van der Waals surface area contributed by atoms with Crippen LogP contribution in [0.5, 0.6) is 11.5 Å². The SMILES string of the molecule is CC[C@H](OC(C)=O)c1cc(=O)oc2c(C(=O)CC(C)C)c(O)c3c(c12)OC(C)(C)C=C3. The molecular weight excluding hydrogens is 400 g/mol. The van der Waals surface area contributed by atoms with E-state index in [0.717, 1.165) is 0 Å². The van der Waals surface area contributed by atoms with E-state index in [-0.39, 0.29) is 40.8 Å². The quantitative estimate of drug-likeness (QED) is 0.395. The number of hydrogen-bond donors (Lipinski definition) is 1. The second-order valence-electron chi connectivity index (χ2n) is 8.76. The molecule has 0 amide bonds. The molecule has 1 atom stereocenters. The number of ether oxygens (including phenoxy) is 2. The van der Waals surface area contributed by atoms with Crippen molar-refractivity contribution in [2.45, 2.75) is 66.1 Å². The fourth-order valence-corrected chi connectivity index (χ4v) is 3.80. The average molecular weight is 428 g/mol. The fraction of sp³-hybridized carbons (Fsp3) is 0.458. The minimum absolute atomic E-state index is 0.0306. The van der Waals surface area contributed by atoms with E-state index in [1.165, 1.54) is 13.0 Å². The zero-order valence-electron chi connectivity index (χ0n) is 18.7. The summed E-state index contributed by atoms with van der Waals surface area (Å²) < 4.78 is 17.1. The van der Waals surface area contributed by atoms with Gasteiger partial charge in [0.25, 0.3) is 0 Å². The van der Waals surface area contributed by atoms with E-state index in [4.69, 9.17) is 13.9 Å². The monoisotopic (exact) mass is 428 g/mol. The summed E-state index contributed by atoms with van der Waals surface area (Å²) in [5.74, 6) is -0.827. The molecule has 1 aliphatic rings. The lowest BCUT2D eigenvalue weighted by Gasteiger charge is -2.30. The number of ketones is 1. The van der Waals surface area contributed by atoms with Gasteiger partial charge in [-0.2, -0.15) is 0 Å². The standard InChI is InChI=1S/C24H28O7/c1-7-17(29-13(4)25)15-11-18(27)30-23-19(15)22-14(8-9-24(5,6)31-22)21(28)20(23)16(26)10-12(2)3/h8-9,11-12,17,28H,7,10H2,1-6H3/t17-/m0/s1. The first-order chi connectivity index (χ1) is 14.4. The normalized spacial score (nSPS) is 15.5. The van der Waals surface area contributed by atoms with Crippen LogP contribution in [-0.2, 0) is 9.53 Å². The molecule has 0 spiro atoms. The van der Waals surface area contributed by atoms with Gasteiger partial charge in [-0.15, -0.1) is 0 Å². The van der Waals surface area contributed by atoms with Crippen LogP contribution >= 0.6 is 0 Å². The molecule has 0 radical (unpaired) electrons. The van der Waals surface area contributed by atoms with Crippen LogP contribution in [0.3, 0.4) is 0 Å². The molecule has 166 valence electrons. The first-order valence-electron chi connectivity index (χ1n) is 10.4. The summed E-state index contributed by atoms with van der Waals surface area (Å²) in [6, 6.07) is 1.25. The number of rotatable bonds is 6. The maximum atomic E-state index is 13.1. The molecule has 7 heteroatoms. The number of benzene rings is 1. The van der Waals surface area contributed by atoms with Crippen LogP contribution in [0.1, 0.15) is 82.0 Å². The van der Waals surface area contributed by atoms with E-state index in [9.17, 15) is 19.5 Å². The Hall–Kier alpha value is -3.09. The zero-order valence-corrected chi connectivity index (χ0v) is 18.7. The van der Waals surface area contributed by atoms with Gasteiger partial charge < -0.3 is 19.0 Å². The molecule has 31 heavy (non-hydrogen) atoms. The van der Waals surface area contributed by atoms with Gasteiger partial charge in [-0.25, -0.2) is 4.79 Å². The van der Waals surface area contributed by atoms with Gasteiger partial charge in [-0.05, 0) is 38.3 Å². The summed E-state index contributed by atoms with van der Waals surface area (Å²) in [4.78, 5) is 37.2. The number of carbonyl (C=O) groups is 2. The molecule has 0 fully saturated rings. The first-order valence-corrected chi connectivity index (χ1v) is 10.4. The Morgan fingerprint density at radius 3 is 2.52 bits per heavy atom. The summed E-state index contributed by atoms with van der Waals surface area (Å²) in [5.41, 5.74) is -0.826. The van der Waals surface area contributed by atoms with Crippen LogP contribution in [0.15, 0.2) is 21.4 Å². The van der Waals surface area contributed by atoms with Gasteiger partial charge in [0, 0.05) is 25.0 Å². The van der Waals surface area contributed by atoms with Crippen LogP contribution in [0, 0.1) is 5.92 Å². The molecule has 0 bridgehead atoms. The second kappa shape index (κ2) is 8.21. The van der Waals surface area contributed by atoms with Crippen LogP contribution in [0.2, 0.25) is 0 Å². The summed E-state index contributed by atoms with van der Waals surface area (Å²) in [6.45, 7) is 10.6. The Bertz CT molecular complexity index is 1140. The Kier molecular flexibility index (Phi) is 5.98. The number of phenolic OH excluding ortho intramolecular Hbond substituents is 1. The van der Waals surface area contributed by atoms with Gasteiger partial charge in [0.15, 0.2) is 11.4 Å². The van der Waals surface area contributed by atoms with Crippen LogP contribution in [0.25, 0.3) is 17.0 Å². The van der Waals surface area contributed by atoms with Crippen LogP contribution in [-0.4, -0.2) is 22.5 Å². The minimum Gasteiger partial charge on any atom is -0.506 e. The van der Waals surface area contributed by atoms with Crippen molar-refractivity contribution in [3.63, 3.8) is 0 Å². The molecule has 2 aromatic rings. The van der Waals surface area contributed by atoms with E-state index in [0.29, 0.717) is 22.9 Å². The number of fused-ring (bicyclic) bond motifs is 3. The maximum absolute atomic E-state index is 13.1. The molecule has 1 aromatic carbocycles. The molecule has 7 nitrogen and oxygen atoms in total. The largest absolute Gasteiger partial charge is 0.506 e. The van der Waals surface area contributed by atoms with Crippen molar-refractivity contribution in [1.82, 2.24) is 0 Å². The number of carbonyl (C=O) groups excluding carboxylic acids is 2. The molecular formula is C24H28O7. The number of phenols is 1. The third kappa shape index (κ3) is 4.36. The van der Waals surface area contributed by atoms with E-state index >= 15 is 0 Å². The Labute approximate surface area is 180 Å². The van der Waals surface area contributed by atoms with E-state index in [1.807, 2.05) is 34.6 Å². The van der Waals surface area contributed by atoms with E-state index in [1.54, 1.807) is 12.2 Å². The fourth-order valence-electron chi connectivity index (χ4n) is 3.80. The lowest BCUT2D eigenvalue weighted by molar-refractivity contribution is -0.146. The van der Waals surface area contributed by atoms with E-state index < -0.39 is 23.3 Å². The first kappa shape index (κ1) is 22.6. The minimum atomic E-state index is -0.747. The molecule has 0 aliphatic carbocycles. The van der Waals surface area contributed by atoms with Gasteiger partial charge in [-0.1, -0.05) is 20.8 Å². The van der Waals surface area contributed by atoms with Crippen molar-refractivity contribution in [2.24, 2.45) is 5.92 Å². The van der Waals surface area contributed by atoms with Gasteiger partial charge in [0.2, 0.25) is 0 Å². The lowest BCUT2D eigenvalue weighted by atomic mass is 9.90. The highest BCUT2D eigenvalue weighted by Gasteiger charge is 2.34. The lowest BCUT2D eigenvalue weighted by Crippen LogP contribution is -2.28. The Balaban J connectivity index is 2.47. The van der Waals surface area contributed by atoms with Gasteiger partial charge in [0.1, 0.15) is 28.8 Å². The van der Waals surface area contributed by atoms with Crippen molar-refractivity contribution in [1.29, 1.82) is 0 Å². The van der Waals surface area contributed by atoms with Crippen LogP contribution < -0.4 is 10.4 Å². The van der Waals surface area contributed by atoms with Gasteiger partial charge in [-0.3, -0.25) is 9.59 Å². The molecule has 1 N–H and O–H groups in total. The Morgan fingerprint density at radius 1 is 1.26 bits per heavy atom. The van der Waals surface area contributed by atoms with Crippen molar-refractivity contribution in [2.75, 3.05) is 0 Å². The van der Waals surface area contributed by atoms with Gasteiger partial charge in [0.05, 0.1) is 10.9 Å². The summed E-state index contributed by atoms with van der Waals surface area (Å²) in [7, 11) is 0. The van der Waals surface area contributed by atoms with E-state index in [2.05, 4.69) is 0 Å². The predicted octanol–water partition coefficient (Wildman–Crippen LogP) is 4.93. The summed E-state index contributed by atoms with van der Waals surface area (Å²) in [5, 5.41) is 11.4. The molecule has 0 saturated heterocycles. The third-order valence-electron chi connectivity index (χ3n) is 5.10. The molecule has 3 rings (SSSR count). The summed E-state index contributed by atoms with van der Waals surface area (Å²) in [6.07, 6.45) is 3.28. The second-order valence-corrected chi connectivity index (χ2v) is 8.76. The van der Waals surface area contributed by atoms with Crippen molar-refractivity contribution >= 4 is 28.8 Å². The molecule has 2 heterocycles. The highest BCUT2D eigenvalue weighted by molar-refractivity contribution is 6.12. The van der Waals surface area contributed by atoms with Crippen molar-refractivity contribution in [3.05, 3.63) is 39.3 Å². The maximum Gasteiger partial charge on any atom is 0.336 e. The molecule has 1 aromatic heterocycles. The highest BCUT2D eigenvalue weighted by atomic mass is 16.5. The smallest absolute Gasteiger partial charge is 0.336 e. The number of Topliss-reactive ketones (excluding diaryl/α,β-unsaturated/α-hetero) is 1. The van der Waals surface area contributed by atoms with Gasteiger partial charge >= 0.3 is 11.6 Å². The third-order valence-corrected chi connectivity index (χ3v) is 5.10. The zero-order chi connectivity index (χ0) is 23.1. The topological polar surface area (TPSA) is 103 Å². The Morgan fingerprint density at radius 2 is 1.94 bits per heavy atom. The molecule has 0 saturated carbocycles. The molecule has 1 aliphatic heterocycles. The number of esters is 1. The van der Waals surface area contributed by atoms with Crippen LogP contribution in [0.4, 0.5) is 0 Å². The highest BCUT2D eigenvalue weighted by Crippen LogP contribution is 2.48.